The largest absolute Gasteiger partial charge is 0.497 e. The first-order chi connectivity index (χ1) is 11.2. The predicted molar refractivity (Wildman–Crippen MR) is 88.0 cm³/mol. The quantitative estimate of drug-likeness (QED) is 0.917. The Bertz CT molecular complexity index is 720. The van der Waals surface area contributed by atoms with E-state index in [1.165, 1.54) is 29.5 Å². The van der Waals surface area contributed by atoms with Gasteiger partial charge in [0.2, 0.25) is 6.79 Å². The van der Waals surface area contributed by atoms with Gasteiger partial charge in [0.1, 0.15) is 5.75 Å². The number of ether oxygens (including phenoxy) is 3. The summed E-state index contributed by atoms with van der Waals surface area (Å²) in [6.07, 6.45) is 2.34. The van der Waals surface area contributed by atoms with Crippen LogP contribution >= 0.6 is 0 Å². The molecule has 0 bridgehead atoms. The molecule has 23 heavy (non-hydrogen) atoms. The zero-order valence-electron chi connectivity index (χ0n) is 13.5. The highest BCUT2D eigenvalue weighted by Crippen LogP contribution is 2.46. The number of rotatable bonds is 5. The molecule has 0 saturated heterocycles. The summed E-state index contributed by atoms with van der Waals surface area (Å²) in [4.78, 5) is 0. The summed E-state index contributed by atoms with van der Waals surface area (Å²) in [7, 11) is 1.70. The van der Waals surface area contributed by atoms with Gasteiger partial charge in [0.15, 0.2) is 11.5 Å². The van der Waals surface area contributed by atoms with Crippen molar-refractivity contribution in [2.75, 3.05) is 13.9 Å². The third-order valence-corrected chi connectivity index (χ3v) is 4.84. The van der Waals surface area contributed by atoms with E-state index in [0.29, 0.717) is 6.79 Å². The highest BCUT2D eigenvalue weighted by Gasteiger charge is 2.43. The van der Waals surface area contributed by atoms with Crippen molar-refractivity contribution < 1.29 is 14.2 Å². The molecule has 1 aliphatic carbocycles. The summed E-state index contributed by atoms with van der Waals surface area (Å²) < 4.78 is 16.2. The number of methoxy groups -OCH3 is 1. The maximum absolute atomic E-state index is 5.49. The third kappa shape index (κ3) is 2.63. The summed E-state index contributed by atoms with van der Waals surface area (Å²) in [5, 5.41) is 3.73. The molecule has 2 aromatic rings. The maximum atomic E-state index is 5.49. The Labute approximate surface area is 136 Å². The normalized spacial score (nSPS) is 17.1. The van der Waals surface area contributed by atoms with Crippen LogP contribution < -0.4 is 19.5 Å². The lowest BCUT2D eigenvalue weighted by molar-refractivity contribution is 0.174. The first kappa shape index (κ1) is 14.4. The highest BCUT2D eigenvalue weighted by molar-refractivity contribution is 5.48. The van der Waals surface area contributed by atoms with Crippen LogP contribution in [-0.4, -0.2) is 13.9 Å². The number of fused-ring (bicyclic) bond motifs is 1. The molecule has 1 aliphatic heterocycles. The second-order valence-electron chi connectivity index (χ2n) is 6.30. The van der Waals surface area contributed by atoms with E-state index in [1.54, 1.807) is 7.11 Å². The molecule has 1 saturated carbocycles. The molecule has 1 N–H and O–H groups in total. The molecule has 0 radical (unpaired) electrons. The van der Waals surface area contributed by atoms with E-state index in [2.05, 4.69) is 36.5 Å². The van der Waals surface area contributed by atoms with Crippen molar-refractivity contribution >= 4 is 0 Å². The van der Waals surface area contributed by atoms with Gasteiger partial charge in [-0.15, -0.1) is 0 Å². The standard InChI is InChI=1S/C19H21NO3/c1-13-9-17-18(23-12-22-17)10-14(13)11-20-19(7-8-19)15-3-5-16(21-2)6-4-15/h3-6,9-10,20H,7-8,11-12H2,1-2H3. The van der Waals surface area contributed by atoms with Crippen molar-refractivity contribution in [2.45, 2.75) is 31.8 Å². The molecule has 120 valence electrons. The van der Waals surface area contributed by atoms with Gasteiger partial charge in [0.25, 0.3) is 0 Å². The van der Waals surface area contributed by atoms with E-state index >= 15 is 0 Å². The minimum atomic E-state index is 0.106. The van der Waals surface area contributed by atoms with Crippen LogP contribution in [0.15, 0.2) is 36.4 Å². The number of aryl methyl sites for hydroxylation is 1. The minimum absolute atomic E-state index is 0.106. The average molecular weight is 311 g/mol. The highest BCUT2D eigenvalue weighted by atomic mass is 16.7. The van der Waals surface area contributed by atoms with Crippen LogP contribution in [-0.2, 0) is 12.1 Å². The molecule has 0 amide bonds. The second kappa shape index (κ2) is 5.46. The molecule has 0 atom stereocenters. The van der Waals surface area contributed by atoms with Crippen LogP contribution in [0.3, 0.4) is 0 Å². The summed E-state index contributed by atoms with van der Waals surface area (Å²) in [6, 6.07) is 12.5. The van der Waals surface area contributed by atoms with Gasteiger partial charge in [-0.2, -0.15) is 0 Å². The molecule has 0 spiro atoms. The predicted octanol–water partition coefficient (Wildman–Crippen LogP) is 3.51. The Morgan fingerprint density at radius 1 is 1.09 bits per heavy atom. The summed E-state index contributed by atoms with van der Waals surface area (Å²) in [6.45, 7) is 3.27. The minimum Gasteiger partial charge on any atom is -0.497 e. The van der Waals surface area contributed by atoms with E-state index in [1.807, 2.05) is 12.1 Å². The SMILES string of the molecule is COc1ccc(C2(NCc3cc4c(cc3C)OCO4)CC2)cc1. The topological polar surface area (TPSA) is 39.7 Å². The smallest absolute Gasteiger partial charge is 0.231 e. The van der Waals surface area contributed by atoms with Crippen molar-refractivity contribution in [3.63, 3.8) is 0 Å². The molecule has 1 fully saturated rings. The zero-order valence-corrected chi connectivity index (χ0v) is 13.5. The molecular weight excluding hydrogens is 290 g/mol. The van der Waals surface area contributed by atoms with Gasteiger partial charge in [-0.3, -0.25) is 0 Å². The summed E-state index contributed by atoms with van der Waals surface area (Å²) in [5.74, 6) is 2.60. The van der Waals surface area contributed by atoms with Crippen molar-refractivity contribution in [3.8, 4) is 17.2 Å². The molecule has 1 heterocycles. The van der Waals surface area contributed by atoms with Gasteiger partial charge in [-0.1, -0.05) is 12.1 Å². The number of nitrogens with one attached hydrogen (secondary N) is 1. The lowest BCUT2D eigenvalue weighted by atomic mass is 10.0. The Morgan fingerprint density at radius 2 is 1.78 bits per heavy atom. The van der Waals surface area contributed by atoms with Gasteiger partial charge < -0.3 is 19.5 Å². The fraction of sp³-hybridized carbons (Fsp3) is 0.368. The molecule has 2 aromatic carbocycles. The Balaban J connectivity index is 1.50. The van der Waals surface area contributed by atoms with Crippen molar-refractivity contribution in [2.24, 2.45) is 0 Å². The number of hydrogen-bond acceptors (Lipinski definition) is 4. The molecule has 0 aromatic heterocycles. The van der Waals surface area contributed by atoms with Crippen LogP contribution in [0.2, 0.25) is 0 Å². The van der Waals surface area contributed by atoms with Crippen molar-refractivity contribution in [1.29, 1.82) is 0 Å². The number of benzene rings is 2. The van der Waals surface area contributed by atoms with E-state index in [4.69, 9.17) is 14.2 Å². The number of hydrogen-bond donors (Lipinski definition) is 1. The zero-order chi connectivity index (χ0) is 15.9. The maximum Gasteiger partial charge on any atom is 0.231 e. The lowest BCUT2D eigenvalue weighted by Gasteiger charge is -2.19. The van der Waals surface area contributed by atoms with Crippen LogP contribution in [0.25, 0.3) is 0 Å². The van der Waals surface area contributed by atoms with Gasteiger partial charge in [-0.05, 0) is 60.7 Å². The van der Waals surface area contributed by atoms with Crippen LogP contribution in [0.4, 0.5) is 0 Å². The first-order valence-corrected chi connectivity index (χ1v) is 7.99. The van der Waals surface area contributed by atoms with Crippen LogP contribution in [0.5, 0.6) is 17.2 Å². The Kier molecular flexibility index (Phi) is 3.42. The fourth-order valence-corrected chi connectivity index (χ4v) is 3.14. The molecule has 4 rings (SSSR count). The average Bonchev–Trinajstić information content (AvgIpc) is 3.24. The van der Waals surface area contributed by atoms with Gasteiger partial charge in [-0.25, -0.2) is 0 Å². The van der Waals surface area contributed by atoms with Gasteiger partial charge >= 0.3 is 0 Å². The van der Waals surface area contributed by atoms with E-state index < -0.39 is 0 Å². The molecule has 2 aliphatic rings. The Hall–Kier alpha value is -2.20. The fourth-order valence-electron chi connectivity index (χ4n) is 3.14. The third-order valence-electron chi connectivity index (χ3n) is 4.84. The first-order valence-electron chi connectivity index (χ1n) is 7.99. The van der Waals surface area contributed by atoms with Gasteiger partial charge in [0, 0.05) is 12.1 Å². The second-order valence-corrected chi connectivity index (χ2v) is 6.30. The molecule has 4 nitrogen and oxygen atoms in total. The van der Waals surface area contributed by atoms with Crippen molar-refractivity contribution in [3.05, 3.63) is 53.1 Å². The molecule has 0 unspecified atom stereocenters. The van der Waals surface area contributed by atoms with E-state index in [-0.39, 0.29) is 5.54 Å². The van der Waals surface area contributed by atoms with Crippen LogP contribution in [0, 0.1) is 6.92 Å². The lowest BCUT2D eigenvalue weighted by Crippen LogP contribution is -2.28. The van der Waals surface area contributed by atoms with Gasteiger partial charge in [0.05, 0.1) is 7.11 Å². The Morgan fingerprint density at radius 3 is 2.43 bits per heavy atom. The molecular formula is C19H21NO3. The van der Waals surface area contributed by atoms with Crippen molar-refractivity contribution in [1.82, 2.24) is 5.32 Å². The van der Waals surface area contributed by atoms with E-state index in [9.17, 15) is 0 Å². The monoisotopic (exact) mass is 311 g/mol. The van der Waals surface area contributed by atoms with E-state index in [0.717, 1.165) is 23.8 Å². The van der Waals surface area contributed by atoms with Crippen LogP contribution in [0.1, 0.15) is 29.5 Å². The summed E-state index contributed by atoms with van der Waals surface area (Å²) in [5.41, 5.74) is 3.92. The summed E-state index contributed by atoms with van der Waals surface area (Å²) >= 11 is 0. The molecule has 4 heteroatoms.